The molecule has 0 radical (unpaired) electrons. The van der Waals surface area contributed by atoms with Gasteiger partial charge in [-0.1, -0.05) is 31.4 Å². The van der Waals surface area contributed by atoms with Gasteiger partial charge in [0.05, 0.1) is 6.42 Å². The van der Waals surface area contributed by atoms with Crippen molar-refractivity contribution in [3.8, 4) is 0 Å². The van der Waals surface area contributed by atoms with Crippen LogP contribution in [0.15, 0.2) is 47.9 Å². The van der Waals surface area contributed by atoms with Gasteiger partial charge in [0.1, 0.15) is 5.82 Å². The molecule has 0 spiro atoms. The first-order valence-corrected chi connectivity index (χ1v) is 8.94. The highest BCUT2D eigenvalue weighted by atomic mass is 16.1. The van der Waals surface area contributed by atoms with Gasteiger partial charge in [-0.15, -0.1) is 0 Å². The zero-order valence-electron chi connectivity index (χ0n) is 15.3. The van der Waals surface area contributed by atoms with Crippen molar-refractivity contribution in [2.24, 2.45) is 17.4 Å². The molecule has 0 bridgehead atoms. The first-order valence-electron chi connectivity index (χ1n) is 8.94. The Kier molecular flexibility index (Phi) is 6.92. The number of benzene rings is 1. The number of nitrogens with one attached hydrogen (secondary N) is 1. The molecule has 0 unspecified atom stereocenters. The van der Waals surface area contributed by atoms with E-state index in [9.17, 15) is 4.79 Å². The summed E-state index contributed by atoms with van der Waals surface area (Å²) >= 11 is 0. The summed E-state index contributed by atoms with van der Waals surface area (Å²) in [5.74, 6) is 0.643. The molecule has 1 aromatic carbocycles. The van der Waals surface area contributed by atoms with Crippen LogP contribution in [-0.4, -0.2) is 20.0 Å². The lowest BCUT2D eigenvalue weighted by atomic mass is 9.87. The van der Waals surface area contributed by atoms with Crippen molar-refractivity contribution in [2.75, 3.05) is 19.0 Å². The van der Waals surface area contributed by atoms with E-state index in [4.69, 9.17) is 11.5 Å². The predicted molar refractivity (Wildman–Crippen MR) is 104 cm³/mol. The number of carbonyl (C=O) groups excluding carboxylic acids is 1. The Morgan fingerprint density at radius 2 is 1.92 bits per heavy atom. The molecule has 136 valence electrons. The van der Waals surface area contributed by atoms with Crippen molar-refractivity contribution < 1.29 is 4.79 Å². The average molecular weight is 342 g/mol. The standard InChI is InChI=1S/C20H30N4O/c1-24(2)17-10-6-7-15(13-17)14-20(25)23-19(22)12-11-18(21)16-8-4-3-5-9-16/h6-7,10-13,16H,3-5,8-9,14,21-22H2,1-2H3,(H,23,25)/b18-11-,19-12+. The second-order valence-electron chi connectivity index (χ2n) is 6.91. The molecule has 1 fully saturated rings. The molecule has 1 amide bonds. The molecule has 5 nitrogen and oxygen atoms in total. The van der Waals surface area contributed by atoms with Crippen LogP contribution in [0.5, 0.6) is 0 Å². The van der Waals surface area contributed by atoms with Gasteiger partial charge in [-0.2, -0.15) is 0 Å². The van der Waals surface area contributed by atoms with Gasteiger partial charge in [0.2, 0.25) is 5.91 Å². The lowest BCUT2D eigenvalue weighted by Gasteiger charge is -2.21. The maximum atomic E-state index is 12.2. The third-order valence-electron chi connectivity index (χ3n) is 4.61. The van der Waals surface area contributed by atoms with Gasteiger partial charge in [0.25, 0.3) is 0 Å². The third-order valence-corrected chi connectivity index (χ3v) is 4.61. The fourth-order valence-electron chi connectivity index (χ4n) is 3.13. The van der Waals surface area contributed by atoms with Crippen LogP contribution in [0.1, 0.15) is 37.7 Å². The second-order valence-corrected chi connectivity index (χ2v) is 6.91. The highest BCUT2D eigenvalue weighted by Gasteiger charge is 2.15. The summed E-state index contributed by atoms with van der Waals surface area (Å²) in [7, 11) is 3.95. The number of anilines is 1. The molecule has 0 heterocycles. The molecule has 1 saturated carbocycles. The summed E-state index contributed by atoms with van der Waals surface area (Å²) in [6.07, 6.45) is 9.87. The highest BCUT2D eigenvalue weighted by Crippen LogP contribution is 2.27. The molecule has 0 atom stereocenters. The van der Waals surface area contributed by atoms with Crippen LogP contribution in [0.3, 0.4) is 0 Å². The molecule has 25 heavy (non-hydrogen) atoms. The Labute approximate surface area is 150 Å². The van der Waals surface area contributed by atoms with Gasteiger partial charge in [0.15, 0.2) is 0 Å². The largest absolute Gasteiger partial charge is 0.402 e. The van der Waals surface area contributed by atoms with Gasteiger partial charge in [-0.05, 0) is 48.6 Å². The third kappa shape index (κ3) is 6.18. The van der Waals surface area contributed by atoms with Gasteiger partial charge >= 0.3 is 0 Å². The number of rotatable bonds is 6. The molecule has 0 aliphatic heterocycles. The first-order chi connectivity index (χ1) is 12.0. The average Bonchev–Trinajstić information content (AvgIpc) is 2.60. The number of hydrogen-bond acceptors (Lipinski definition) is 4. The first kappa shape index (κ1) is 18.9. The van der Waals surface area contributed by atoms with Gasteiger partial charge < -0.3 is 21.7 Å². The van der Waals surface area contributed by atoms with E-state index in [-0.39, 0.29) is 12.3 Å². The monoisotopic (exact) mass is 342 g/mol. The lowest BCUT2D eigenvalue weighted by Crippen LogP contribution is -2.28. The number of amides is 1. The Morgan fingerprint density at radius 1 is 1.20 bits per heavy atom. The zero-order valence-corrected chi connectivity index (χ0v) is 15.3. The van der Waals surface area contributed by atoms with E-state index < -0.39 is 0 Å². The van der Waals surface area contributed by atoms with Crippen LogP contribution in [0.25, 0.3) is 0 Å². The summed E-state index contributed by atoms with van der Waals surface area (Å²) in [5, 5.41) is 2.72. The Hall–Kier alpha value is -2.43. The Morgan fingerprint density at radius 3 is 2.60 bits per heavy atom. The fourth-order valence-corrected chi connectivity index (χ4v) is 3.13. The number of carbonyl (C=O) groups is 1. The van der Waals surface area contributed by atoms with E-state index in [2.05, 4.69) is 5.32 Å². The van der Waals surface area contributed by atoms with Crippen LogP contribution >= 0.6 is 0 Å². The van der Waals surface area contributed by atoms with Crippen LogP contribution in [0, 0.1) is 5.92 Å². The van der Waals surface area contributed by atoms with Crippen molar-refractivity contribution in [3.63, 3.8) is 0 Å². The topological polar surface area (TPSA) is 84.4 Å². The van der Waals surface area contributed by atoms with Crippen LogP contribution < -0.4 is 21.7 Å². The molecule has 5 heteroatoms. The molecule has 2 rings (SSSR count). The Bertz CT molecular complexity index is 643. The van der Waals surface area contributed by atoms with Crippen molar-refractivity contribution in [2.45, 2.75) is 38.5 Å². The van der Waals surface area contributed by atoms with E-state index >= 15 is 0 Å². The van der Waals surface area contributed by atoms with Crippen molar-refractivity contribution in [1.82, 2.24) is 5.32 Å². The molecule has 1 aromatic rings. The van der Waals surface area contributed by atoms with Crippen molar-refractivity contribution >= 4 is 11.6 Å². The molecule has 1 aliphatic carbocycles. The van der Waals surface area contributed by atoms with Crippen LogP contribution in [-0.2, 0) is 11.2 Å². The van der Waals surface area contributed by atoms with Crippen LogP contribution in [0.4, 0.5) is 5.69 Å². The fraction of sp³-hybridized carbons (Fsp3) is 0.450. The molecule has 0 aromatic heterocycles. The molecular formula is C20H30N4O. The summed E-state index contributed by atoms with van der Waals surface area (Å²) in [5.41, 5.74) is 14.9. The van der Waals surface area contributed by atoms with Gasteiger partial charge in [-0.25, -0.2) is 0 Å². The normalized spacial score (nSPS) is 16.6. The summed E-state index contributed by atoms with van der Waals surface area (Å²) in [6.45, 7) is 0. The van der Waals surface area contributed by atoms with E-state index in [1.54, 1.807) is 6.08 Å². The summed E-state index contributed by atoms with van der Waals surface area (Å²) in [4.78, 5) is 14.2. The van der Waals surface area contributed by atoms with E-state index in [0.717, 1.165) is 29.8 Å². The van der Waals surface area contributed by atoms with Crippen LogP contribution in [0.2, 0.25) is 0 Å². The van der Waals surface area contributed by atoms with E-state index in [1.165, 1.54) is 19.3 Å². The highest BCUT2D eigenvalue weighted by molar-refractivity contribution is 5.80. The Balaban J connectivity index is 1.89. The number of hydrogen-bond donors (Lipinski definition) is 3. The number of allylic oxidation sites excluding steroid dienone is 3. The molecule has 5 N–H and O–H groups in total. The van der Waals surface area contributed by atoms with Gasteiger partial charge in [-0.3, -0.25) is 4.79 Å². The quantitative estimate of drug-likeness (QED) is 0.694. The summed E-state index contributed by atoms with van der Waals surface area (Å²) in [6, 6.07) is 7.90. The van der Waals surface area contributed by atoms with Crippen molar-refractivity contribution in [1.29, 1.82) is 0 Å². The zero-order chi connectivity index (χ0) is 18.2. The predicted octanol–water partition coefficient (Wildman–Crippen LogP) is 2.63. The lowest BCUT2D eigenvalue weighted by molar-refractivity contribution is -0.119. The minimum atomic E-state index is -0.130. The van der Waals surface area contributed by atoms with E-state index in [0.29, 0.717) is 11.7 Å². The molecule has 0 saturated heterocycles. The number of nitrogens with zero attached hydrogens (tertiary/aromatic N) is 1. The second kappa shape index (κ2) is 9.16. The van der Waals surface area contributed by atoms with E-state index in [1.807, 2.05) is 49.3 Å². The van der Waals surface area contributed by atoms with Gasteiger partial charge in [0, 0.05) is 25.5 Å². The maximum Gasteiger partial charge on any atom is 0.229 e. The maximum absolute atomic E-state index is 12.2. The van der Waals surface area contributed by atoms with Crippen molar-refractivity contribution in [3.05, 3.63) is 53.5 Å². The number of nitrogens with two attached hydrogens (primary N) is 2. The minimum Gasteiger partial charge on any atom is -0.402 e. The molecular weight excluding hydrogens is 312 g/mol. The molecule has 1 aliphatic rings. The SMILES string of the molecule is CN(C)c1cccc(CC(=O)N/C(N)=C/C=C(\N)C2CCCCC2)c1. The minimum absolute atomic E-state index is 0.130. The summed E-state index contributed by atoms with van der Waals surface area (Å²) < 4.78 is 0. The smallest absolute Gasteiger partial charge is 0.229 e.